The molecule has 3 rings (SSSR count). The maximum absolute atomic E-state index is 10.1. The molecule has 1 aromatic carbocycles. The summed E-state index contributed by atoms with van der Waals surface area (Å²) in [6.45, 7) is 5.66. The van der Waals surface area contributed by atoms with Gasteiger partial charge in [-0.05, 0) is 60.9 Å². The molecular formula is C15H21BrN2O. The fourth-order valence-corrected chi connectivity index (χ4v) is 3.76. The summed E-state index contributed by atoms with van der Waals surface area (Å²) >= 11 is 3.39. The van der Waals surface area contributed by atoms with Crippen LogP contribution in [0.3, 0.4) is 0 Å². The van der Waals surface area contributed by atoms with Crippen molar-refractivity contribution in [2.75, 3.05) is 26.2 Å². The minimum absolute atomic E-state index is 0.398. The summed E-state index contributed by atoms with van der Waals surface area (Å²) in [5, 5.41) is 10.1. The monoisotopic (exact) mass is 324 g/mol. The van der Waals surface area contributed by atoms with E-state index in [-0.39, 0.29) is 0 Å². The second-order valence-electron chi connectivity index (χ2n) is 5.67. The fraction of sp³-hybridized carbons (Fsp3) is 0.600. The number of hydrogen-bond donors (Lipinski definition) is 1. The van der Waals surface area contributed by atoms with Gasteiger partial charge >= 0.3 is 0 Å². The van der Waals surface area contributed by atoms with Crippen molar-refractivity contribution in [2.45, 2.75) is 31.8 Å². The van der Waals surface area contributed by atoms with E-state index in [2.05, 4.69) is 25.7 Å². The van der Waals surface area contributed by atoms with Gasteiger partial charge in [-0.15, -0.1) is 0 Å². The third-order valence-electron chi connectivity index (χ3n) is 4.35. The van der Waals surface area contributed by atoms with Gasteiger partial charge in [0.05, 0.1) is 4.47 Å². The van der Waals surface area contributed by atoms with Crippen molar-refractivity contribution in [1.82, 2.24) is 9.80 Å². The number of aromatic hydroxyl groups is 1. The third-order valence-corrected chi connectivity index (χ3v) is 4.99. The highest BCUT2D eigenvalue weighted by Gasteiger charge is 2.28. The lowest BCUT2D eigenvalue weighted by molar-refractivity contribution is 0.214. The highest BCUT2D eigenvalue weighted by Crippen LogP contribution is 2.29. The molecule has 2 aliphatic heterocycles. The summed E-state index contributed by atoms with van der Waals surface area (Å²) in [7, 11) is 0. The molecule has 104 valence electrons. The summed E-state index contributed by atoms with van der Waals surface area (Å²) in [5.41, 5.74) is 1.03. The summed E-state index contributed by atoms with van der Waals surface area (Å²) in [5.74, 6) is 0.398. The molecule has 0 radical (unpaired) electrons. The number of nitrogens with zero attached hydrogens (tertiary/aromatic N) is 2. The lowest BCUT2D eigenvalue weighted by Crippen LogP contribution is -2.36. The van der Waals surface area contributed by atoms with E-state index in [4.69, 9.17) is 0 Å². The molecule has 0 spiro atoms. The second kappa shape index (κ2) is 5.81. The Balaban J connectivity index is 1.70. The Bertz CT molecular complexity index is 452. The molecule has 2 fully saturated rings. The number of benzene rings is 1. The normalized spacial score (nSPS) is 25.2. The van der Waals surface area contributed by atoms with Gasteiger partial charge in [-0.1, -0.05) is 12.1 Å². The standard InChI is InChI=1S/C15H21BrN2O/c16-14-6-1-4-12(15(14)19)10-17-7-3-9-18-8-2-5-13(18)11-17/h1,4,6,13,19H,2-3,5,7-11H2. The molecule has 0 saturated carbocycles. The molecule has 2 heterocycles. The van der Waals surface area contributed by atoms with E-state index in [0.717, 1.165) is 35.7 Å². The molecule has 2 saturated heterocycles. The van der Waals surface area contributed by atoms with E-state index >= 15 is 0 Å². The molecule has 3 nitrogen and oxygen atoms in total. The van der Waals surface area contributed by atoms with Crippen LogP contribution in [0.1, 0.15) is 24.8 Å². The predicted molar refractivity (Wildman–Crippen MR) is 80.3 cm³/mol. The van der Waals surface area contributed by atoms with Crippen molar-refractivity contribution in [2.24, 2.45) is 0 Å². The largest absolute Gasteiger partial charge is 0.506 e. The first kappa shape index (κ1) is 13.4. The quantitative estimate of drug-likeness (QED) is 0.906. The molecule has 0 bridgehead atoms. The maximum Gasteiger partial charge on any atom is 0.134 e. The average molecular weight is 325 g/mol. The molecule has 1 aromatic rings. The zero-order valence-electron chi connectivity index (χ0n) is 11.2. The molecule has 0 aliphatic carbocycles. The molecule has 1 unspecified atom stereocenters. The first-order valence-corrected chi connectivity index (χ1v) is 7.96. The maximum atomic E-state index is 10.1. The minimum atomic E-state index is 0.398. The van der Waals surface area contributed by atoms with E-state index in [9.17, 15) is 5.11 Å². The van der Waals surface area contributed by atoms with E-state index in [1.54, 1.807) is 0 Å². The summed E-state index contributed by atoms with van der Waals surface area (Å²) in [4.78, 5) is 5.14. The van der Waals surface area contributed by atoms with Gasteiger partial charge in [-0.3, -0.25) is 9.80 Å². The highest BCUT2D eigenvalue weighted by molar-refractivity contribution is 9.10. The van der Waals surface area contributed by atoms with Gasteiger partial charge in [-0.2, -0.15) is 0 Å². The molecule has 4 heteroatoms. The van der Waals surface area contributed by atoms with Crippen molar-refractivity contribution < 1.29 is 5.11 Å². The van der Waals surface area contributed by atoms with Crippen LogP contribution in [0, 0.1) is 0 Å². The van der Waals surface area contributed by atoms with Crippen LogP contribution in [0.15, 0.2) is 22.7 Å². The Morgan fingerprint density at radius 3 is 2.95 bits per heavy atom. The Morgan fingerprint density at radius 1 is 1.21 bits per heavy atom. The Kier molecular flexibility index (Phi) is 4.10. The van der Waals surface area contributed by atoms with Crippen molar-refractivity contribution in [3.8, 4) is 5.75 Å². The second-order valence-corrected chi connectivity index (χ2v) is 6.52. The molecule has 1 atom stereocenters. The van der Waals surface area contributed by atoms with E-state index < -0.39 is 0 Å². The smallest absolute Gasteiger partial charge is 0.134 e. The number of fused-ring (bicyclic) bond motifs is 1. The molecule has 1 N–H and O–H groups in total. The van der Waals surface area contributed by atoms with E-state index in [0.29, 0.717) is 5.75 Å². The van der Waals surface area contributed by atoms with Crippen LogP contribution < -0.4 is 0 Å². The summed E-state index contributed by atoms with van der Waals surface area (Å²) < 4.78 is 0.794. The van der Waals surface area contributed by atoms with Gasteiger partial charge in [0.1, 0.15) is 5.75 Å². The number of rotatable bonds is 2. The highest BCUT2D eigenvalue weighted by atomic mass is 79.9. The molecule has 0 aromatic heterocycles. The lowest BCUT2D eigenvalue weighted by atomic mass is 10.1. The average Bonchev–Trinajstić information content (AvgIpc) is 2.74. The van der Waals surface area contributed by atoms with Crippen molar-refractivity contribution in [1.29, 1.82) is 0 Å². The van der Waals surface area contributed by atoms with Crippen LogP contribution in [0.2, 0.25) is 0 Å². The van der Waals surface area contributed by atoms with Crippen molar-refractivity contribution in [3.63, 3.8) is 0 Å². The lowest BCUT2D eigenvalue weighted by Gasteiger charge is -2.25. The Morgan fingerprint density at radius 2 is 2.05 bits per heavy atom. The van der Waals surface area contributed by atoms with E-state index in [1.165, 1.54) is 32.4 Å². The molecule has 2 aliphatic rings. The number of para-hydroxylation sites is 1. The predicted octanol–water partition coefficient (Wildman–Crippen LogP) is 2.82. The van der Waals surface area contributed by atoms with Crippen molar-refractivity contribution >= 4 is 15.9 Å². The number of halogens is 1. The first-order valence-electron chi connectivity index (χ1n) is 7.17. The summed E-state index contributed by atoms with van der Waals surface area (Å²) in [6, 6.07) is 6.65. The number of hydrogen-bond acceptors (Lipinski definition) is 3. The van der Waals surface area contributed by atoms with Gasteiger partial charge in [0, 0.05) is 24.7 Å². The number of phenolic OH excluding ortho intramolecular Hbond substituents is 1. The number of phenols is 1. The van der Waals surface area contributed by atoms with E-state index in [1.807, 2.05) is 18.2 Å². The zero-order chi connectivity index (χ0) is 13.2. The third kappa shape index (κ3) is 2.96. The van der Waals surface area contributed by atoms with Gasteiger partial charge in [0.25, 0.3) is 0 Å². The Hall–Kier alpha value is -0.580. The van der Waals surface area contributed by atoms with Crippen LogP contribution >= 0.6 is 15.9 Å². The Labute approximate surface area is 123 Å². The van der Waals surface area contributed by atoms with Gasteiger partial charge in [0.15, 0.2) is 0 Å². The van der Waals surface area contributed by atoms with Gasteiger partial charge < -0.3 is 5.11 Å². The molecule has 0 amide bonds. The van der Waals surface area contributed by atoms with Gasteiger partial charge in [-0.25, -0.2) is 0 Å². The van der Waals surface area contributed by atoms with Crippen LogP contribution in [0.4, 0.5) is 0 Å². The van der Waals surface area contributed by atoms with Crippen molar-refractivity contribution in [3.05, 3.63) is 28.2 Å². The zero-order valence-corrected chi connectivity index (χ0v) is 12.8. The topological polar surface area (TPSA) is 26.7 Å². The van der Waals surface area contributed by atoms with Crippen LogP contribution in [0.25, 0.3) is 0 Å². The molecular weight excluding hydrogens is 304 g/mol. The summed E-state index contributed by atoms with van der Waals surface area (Å²) in [6.07, 6.45) is 3.92. The minimum Gasteiger partial charge on any atom is -0.506 e. The van der Waals surface area contributed by atoms with Crippen LogP contribution in [-0.4, -0.2) is 47.1 Å². The van der Waals surface area contributed by atoms with Crippen LogP contribution in [0.5, 0.6) is 5.75 Å². The fourth-order valence-electron chi connectivity index (χ4n) is 3.36. The molecule has 19 heavy (non-hydrogen) atoms. The SMILES string of the molecule is Oc1c(Br)cccc1CN1CCCN2CCCC2C1. The van der Waals surface area contributed by atoms with Crippen LogP contribution in [-0.2, 0) is 6.54 Å². The first-order chi connectivity index (χ1) is 9.24. The van der Waals surface area contributed by atoms with Gasteiger partial charge in [0.2, 0.25) is 0 Å².